The van der Waals surface area contributed by atoms with Crippen molar-refractivity contribution < 1.29 is 45.5 Å². The van der Waals surface area contributed by atoms with Crippen molar-refractivity contribution in [2.24, 2.45) is 5.92 Å². The molecule has 0 heterocycles. The number of alkyl halides is 3. The zero-order chi connectivity index (χ0) is 24.4. The number of hydrogen-bond donors (Lipinski definition) is 0. The lowest BCUT2D eigenvalue weighted by Crippen LogP contribution is -2.36. The highest BCUT2D eigenvalue weighted by molar-refractivity contribution is 7.91. The van der Waals surface area contributed by atoms with Gasteiger partial charge in [-0.15, -0.1) is 0 Å². The van der Waals surface area contributed by atoms with Crippen LogP contribution in [0.1, 0.15) is 42.1 Å². The Hall–Kier alpha value is -2.76. The van der Waals surface area contributed by atoms with Gasteiger partial charge in [-0.1, -0.05) is 6.92 Å². The quantitative estimate of drug-likeness (QED) is 0.436. The fourth-order valence-electron chi connectivity index (χ4n) is 3.21. The van der Waals surface area contributed by atoms with Crippen LogP contribution in [0.2, 0.25) is 0 Å². The van der Waals surface area contributed by atoms with E-state index in [0.717, 1.165) is 11.0 Å². The number of halogens is 3. The second-order valence-corrected chi connectivity index (χ2v) is 9.62. The smallest absolute Gasteiger partial charge is 0.420 e. The van der Waals surface area contributed by atoms with Gasteiger partial charge in [0, 0.05) is 32.5 Å². The van der Waals surface area contributed by atoms with Crippen molar-refractivity contribution in [2.45, 2.75) is 37.3 Å². The summed E-state index contributed by atoms with van der Waals surface area (Å²) in [4.78, 5) is 49.2. The number of hydrogen-bond acceptors (Lipinski definition) is 7. The van der Waals surface area contributed by atoms with Crippen LogP contribution in [0.15, 0.2) is 17.0 Å². The highest BCUT2D eigenvalue weighted by Gasteiger charge is 2.45. The molecule has 1 aromatic rings. The van der Waals surface area contributed by atoms with E-state index in [0.29, 0.717) is 6.07 Å². The van der Waals surface area contributed by atoms with Gasteiger partial charge in [0.2, 0.25) is 0 Å². The predicted molar refractivity (Wildman–Crippen MR) is 105 cm³/mol. The number of ether oxygens (including phenoxy) is 1. The molecule has 2 rings (SSSR count). The Morgan fingerprint density at radius 2 is 1.69 bits per heavy atom. The number of amides is 1. The molecule has 8 nitrogen and oxygen atoms in total. The fraction of sp³-hybridized carbons (Fsp3) is 0.500. The van der Waals surface area contributed by atoms with E-state index in [1.165, 1.54) is 21.0 Å². The van der Waals surface area contributed by atoms with Gasteiger partial charge in [0.25, 0.3) is 5.91 Å². The largest absolute Gasteiger partial charge is 0.482 e. The molecule has 1 fully saturated rings. The van der Waals surface area contributed by atoms with Crippen LogP contribution in [-0.2, 0) is 30.4 Å². The molecule has 32 heavy (non-hydrogen) atoms. The number of carbonyl (C=O) groups is 4. The van der Waals surface area contributed by atoms with Crippen molar-refractivity contribution in [3.8, 4) is 5.75 Å². The summed E-state index contributed by atoms with van der Waals surface area (Å²) in [5.74, 6) is -7.41. The summed E-state index contributed by atoms with van der Waals surface area (Å²) in [5.41, 5.74) is -2.80. The van der Waals surface area contributed by atoms with Crippen LogP contribution in [0.4, 0.5) is 13.2 Å². The Morgan fingerprint density at radius 3 is 2.16 bits per heavy atom. The molecule has 1 aliphatic rings. The Kier molecular flexibility index (Phi) is 7.48. The standard InChI is InChI=1S/C20H22F3NO7S/c1-4-32(29,30)14-9-8-11(18(28)16-12(25)6-5-7-13(16)26)17(20(21,22)23)19(14)31-10-15(27)24(2)3/h8-9,16H,4-7,10H2,1-3H3. The van der Waals surface area contributed by atoms with Gasteiger partial charge in [0.15, 0.2) is 39.5 Å². The van der Waals surface area contributed by atoms with Crippen molar-refractivity contribution in [3.63, 3.8) is 0 Å². The van der Waals surface area contributed by atoms with Crippen LogP contribution in [0.25, 0.3) is 0 Å². The number of Topliss-reactive ketones (excluding diaryl/α,β-unsaturated/α-hetero) is 3. The lowest BCUT2D eigenvalue weighted by atomic mass is 9.80. The van der Waals surface area contributed by atoms with E-state index in [9.17, 15) is 40.8 Å². The Morgan fingerprint density at radius 1 is 1.12 bits per heavy atom. The molecule has 0 radical (unpaired) electrons. The minimum Gasteiger partial charge on any atom is -0.482 e. The van der Waals surface area contributed by atoms with Crippen molar-refractivity contribution in [2.75, 3.05) is 26.5 Å². The number of carbonyl (C=O) groups excluding carboxylic acids is 4. The normalized spacial score (nSPS) is 15.6. The van der Waals surface area contributed by atoms with E-state index in [-0.39, 0.29) is 19.3 Å². The molecule has 0 saturated heterocycles. The average Bonchev–Trinajstić information content (AvgIpc) is 2.69. The first-order valence-corrected chi connectivity index (χ1v) is 11.3. The minimum atomic E-state index is -5.29. The van der Waals surface area contributed by atoms with Crippen molar-refractivity contribution in [3.05, 3.63) is 23.3 Å². The molecule has 0 bridgehead atoms. The second-order valence-electron chi connectivity index (χ2n) is 7.38. The predicted octanol–water partition coefficient (Wildman–Crippen LogP) is 2.09. The number of ketones is 3. The fourth-order valence-corrected chi connectivity index (χ4v) is 4.24. The first-order chi connectivity index (χ1) is 14.7. The highest BCUT2D eigenvalue weighted by atomic mass is 32.2. The summed E-state index contributed by atoms with van der Waals surface area (Å²) < 4.78 is 72.2. The molecule has 0 aromatic heterocycles. The van der Waals surface area contributed by atoms with Crippen LogP contribution in [0.3, 0.4) is 0 Å². The SMILES string of the molecule is CCS(=O)(=O)c1ccc(C(=O)C2C(=O)CCCC2=O)c(C(F)(F)F)c1OCC(=O)N(C)C. The Labute approximate surface area is 182 Å². The van der Waals surface area contributed by atoms with Crippen LogP contribution in [0.5, 0.6) is 5.75 Å². The van der Waals surface area contributed by atoms with Gasteiger partial charge >= 0.3 is 6.18 Å². The van der Waals surface area contributed by atoms with Gasteiger partial charge in [-0.2, -0.15) is 13.2 Å². The molecule has 0 spiro atoms. The van der Waals surface area contributed by atoms with E-state index in [4.69, 9.17) is 4.74 Å². The molecular formula is C20H22F3NO7S. The monoisotopic (exact) mass is 477 g/mol. The number of sulfone groups is 1. The summed E-state index contributed by atoms with van der Waals surface area (Å²) >= 11 is 0. The lowest BCUT2D eigenvalue weighted by molar-refractivity contribution is -0.141. The maximum absolute atomic E-state index is 14.1. The first kappa shape index (κ1) is 25.5. The maximum Gasteiger partial charge on any atom is 0.420 e. The van der Waals surface area contributed by atoms with E-state index >= 15 is 0 Å². The summed E-state index contributed by atoms with van der Waals surface area (Å²) in [7, 11) is -1.62. The number of benzene rings is 1. The summed E-state index contributed by atoms with van der Waals surface area (Å²) in [6, 6.07) is 1.39. The van der Waals surface area contributed by atoms with E-state index in [1.807, 2.05) is 0 Å². The highest BCUT2D eigenvalue weighted by Crippen LogP contribution is 2.43. The molecular weight excluding hydrogens is 455 g/mol. The van der Waals surface area contributed by atoms with Crippen LogP contribution in [-0.4, -0.2) is 63.0 Å². The molecule has 0 N–H and O–H groups in total. The molecule has 1 aromatic carbocycles. The zero-order valence-electron chi connectivity index (χ0n) is 17.6. The van der Waals surface area contributed by atoms with Gasteiger partial charge in [0.1, 0.15) is 16.4 Å². The van der Waals surface area contributed by atoms with Gasteiger partial charge < -0.3 is 9.64 Å². The second kappa shape index (κ2) is 9.39. The maximum atomic E-state index is 14.1. The molecule has 0 unspecified atom stereocenters. The van der Waals surface area contributed by atoms with E-state index in [1.54, 1.807) is 0 Å². The van der Waals surface area contributed by atoms with Crippen molar-refractivity contribution >= 4 is 33.1 Å². The molecule has 176 valence electrons. The third-order valence-electron chi connectivity index (χ3n) is 4.98. The van der Waals surface area contributed by atoms with Crippen LogP contribution in [0, 0.1) is 5.92 Å². The van der Waals surface area contributed by atoms with Gasteiger partial charge in [-0.25, -0.2) is 8.42 Å². The third kappa shape index (κ3) is 5.17. The summed E-state index contributed by atoms with van der Waals surface area (Å²) in [6.45, 7) is 0.275. The van der Waals surface area contributed by atoms with Crippen molar-refractivity contribution in [1.29, 1.82) is 0 Å². The summed E-state index contributed by atoms with van der Waals surface area (Å²) in [6.07, 6.45) is -5.36. The van der Waals surface area contributed by atoms with Gasteiger partial charge in [-0.3, -0.25) is 19.2 Å². The van der Waals surface area contributed by atoms with E-state index < -0.39 is 79.3 Å². The first-order valence-electron chi connectivity index (χ1n) is 9.61. The number of nitrogens with zero attached hydrogens (tertiary/aromatic N) is 1. The molecule has 1 aliphatic carbocycles. The molecule has 0 aliphatic heterocycles. The van der Waals surface area contributed by atoms with Gasteiger partial charge in [0.05, 0.1) is 5.75 Å². The Balaban J connectivity index is 2.77. The summed E-state index contributed by atoms with van der Waals surface area (Å²) in [5, 5.41) is 0. The topological polar surface area (TPSA) is 115 Å². The van der Waals surface area contributed by atoms with Crippen LogP contribution < -0.4 is 4.74 Å². The molecule has 0 atom stereocenters. The van der Waals surface area contributed by atoms with E-state index in [2.05, 4.69) is 0 Å². The zero-order valence-corrected chi connectivity index (χ0v) is 18.4. The van der Waals surface area contributed by atoms with Crippen LogP contribution >= 0.6 is 0 Å². The molecule has 1 saturated carbocycles. The Bertz CT molecular complexity index is 1050. The van der Waals surface area contributed by atoms with Gasteiger partial charge in [-0.05, 0) is 18.6 Å². The lowest BCUT2D eigenvalue weighted by Gasteiger charge is -2.23. The molecule has 1 amide bonds. The molecule has 12 heteroatoms. The average molecular weight is 477 g/mol. The minimum absolute atomic E-state index is 0.132. The number of rotatable bonds is 7. The number of likely N-dealkylation sites (N-methyl/N-ethyl adjacent to an activating group) is 1. The van der Waals surface area contributed by atoms with Crippen molar-refractivity contribution in [1.82, 2.24) is 4.90 Å². The third-order valence-corrected chi connectivity index (χ3v) is 6.73.